The average molecular weight is 420 g/mol. The molecule has 2 heterocycles. The van der Waals surface area contributed by atoms with Crippen LogP contribution in [-0.4, -0.2) is 53.8 Å². The molecule has 0 saturated heterocycles. The number of hydrogen-bond acceptors (Lipinski definition) is 2. The van der Waals surface area contributed by atoms with E-state index in [0.717, 1.165) is 34.0 Å². The lowest BCUT2D eigenvalue weighted by Gasteiger charge is -2.28. The van der Waals surface area contributed by atoms with E-state index < -0.39 is 0 Å². The highest BCUT2D eigenvalue weighted by Crippen LogP contribution is 2.26. The number of rotatable bonds is 5. The van der Waals surface area contributed by atoms with E-state index in [1.54, 1.807) is 25.1 Å². The molecular formula is C25H26FN3O2. The zero-order chi connectivity index (χ0) is 22.0. The Balaban J connectivity index is 1.45. The van der Waals surface area contributed by atoms with Crippen LogP contribution in [0.1, 0.15) is 34.5 Å². The zero-order valence-electron chi connectivity index (χ0n) is 17.8. The molecule has 0 unspecified atom stereocenters. The summed E-state index contributed by atoms with van der Waals surface area (Å²) in [5.41, 5.74) is 4.44. The smallest absolute Gasteiger partial charge is 0.269 e. The molecule has 4 rings (SSSR count). The topological polar surface area (TPSA) is 56.4 Å². The van der Waals surface area contributed by atoms with Crippen LogP contribution in [0.4, 0.5) is 4.39 Å². The van der Waals surface area contributed by atoms with Crippen LogP contribution in [-0.2, 0) is 11.2 Å². The van der Waals surface area contributed by atoms with Crippen molar-refractivity contribution in [1.29, 1.82) is 0 Å². The van der Waals surface area contributed by atoms with Crippen LogP contribution < -0.4 is 0 Å². The summed E-state index contributed by atoms with van der Waals surface area (Å²) in [7, 11) is 3.46. The number of hydrogen-bond donors (Lipinski definition) is 1. The molecule has 160 valence electrons. The minimum atomic E-state index is -0.275. The fourth-order valence-electron chi connectivity index (χ4n) is 3.95. The molecule has 0 radical (unpaired) electrons. The van der Waals surface area contributed by atoms with Gasteiger partial charge in [0.25, 0.3) is 5.91 Å². The zero-order valence-corrected chi connectivity index (χ0v) is 17.8. The number of amides is 2. The summed E-state index contributed by atoms with van der Waals surface area (Å²) in [5, 5.41) is 0.980. The second kappa shape index (κ2) is 8.76. The molecule has 6 heteroatoms. The quantitative estimate of drug-likeness (QED) is 0.672. The normalized spacial score (nSPS) is 13.9. The number of benzene rings is 2. The molecule has 1 aliphatic heterocycles. The highest BCUT2D eigenvalue weighted by molar-refractivity contribution is 5.98. The largest absolute Gasteiger partial charge is 0.351 e. The van der Waals surface area contributed by atoms with Crippen molar-refractivity contribution in [3.63, 3.8) is 0 Å². The predicted molar refractivity (Wildman–Crippen MR) is 120 cm³/mol. The maximum absolute atomic E-state index is 13.4. The number of aromatic nitrogens is 1. The van der Waals surface area contributed by atoms with Crippen LogP contribution in [0.15, 0.2) is 54.6 Å². The molecule has 1 aliphatic rings. The van der Waals surface area contributed by atoms with E-state index in [2.05, 4.69) is 11.1 Å². The van der Waals surface area contributed by atoms with Crippen molar-refractivity contribution in [2.45, 2.75) is 19.3 Å². The van der Waals surface area contributed by atoms with Gasteiger partial charge >= 0.3 is 0 Å². The molecule has 5 nitrogen and oxygen atoms in total. The Bertz CT molecular complexity index is 1160. The highest BCUT2D eigenvalue weighted by Gasteiger charge is 2.20. The molecule has 2 amide bonds. The summed E-state index contributed by atoms with van der Waals surface area (Å²) in [4.78, 5) is 31.6. The summed E-state index contributed by atoms with van der Waals surface area (Å²) >= 11 is 0. The number of carbonyl (C=O) groups is 2. The maximum atomic E-state index is 13.4. The van der Waals surface area contributed by atoms with E-state index >= 15 is 0 Å². The summed E-state index contributed by atoms with van der Waals surface area (Å²) in [6, 6.07) is 14.3. The molecular weight excluding hydrogens is 393 g/mol. The first-order valence-electron chi connectivity index (χ1n) is 10.5. The molecule has 1 N–H and O–H groups in total. The first-order chi connectivity index (χ1) is 14.9. The predicted octanol–water partition coefficient (Wildman–Crippen LogP) is 4.26. The second-order valence-corrected chi connectivity index (χ2v) is 8.15. The van der Waals surface area contributed by atoms with E-state index in [9.17, 15) is 14.0 Å². The first-order valence-corrected chi connectivity index (χ1v) is 10.5. The summed E-state index contributed by atoms with van der Waals surface area (Å²) in [6.07, 6.45) is 3.87. The third-order valence-corrected chi connectivity index (χ3v) is 5.65. The van der Waals surface area contributed by atoms with Gasteiger partial charge in [0.05, 0.1) is 0 Å². The summed E-state index contributed by atoms with van der Waals surface area (Å²) in [5.74, 6) is -0.261. The Morgan fingerprint density at radius 3 is 2.74 bits per heavy atom. The number of nitrogens with zero attached hydrogens (tertiary/aromatic N) is 2. The van der Waals surface area contributed by atoms with Gasteiger partial charge in [0.2, 0.25) is 5.91 Å². The number of H-pyrrole nitrogens is 1. The lowest BCUT2D eigenvalue weighted by atomic mass is 9.99. The van der Waals surface area contributed by atoms with E-state index in [1.807, 2.05) is 35.2 Å². The number of carbonyl (C=O) groups excluding carboxylic acids is 2. The minimum Gasteiger partial charge on any atom is -0.351 e. The van der Waals surface area contributed by atoms with Gasteiger partial charge in [0, 0.05) is 44.5 Å². The number of halogens is 1. The van der Waals surface area contributed by atoms with Gasteiger partial charge in [0.15, 0.2) is 0 Å². The Morgan fingerprint density at radius 2 is 1.97 bits per heavy atom. The van der Waals surface area contributed by atoms with Crippen molar-refractivity contribution in [1.82, 2.24) is 14.8 Å². The van der Waals surface area contributed by atoms with Crippen molar-refractivity contribution in [3.05, 3.63) is 77.2 Å². The van der Waals surface area contributed by atoms with Crippen molar-refractivity contribution >= 4 is 28.3 Å². The van der Waals surface area contributed by atoms with Crippen LogP contribution in [0.2, 0.25) is 0 Å². The van der Waals surface area contributed by atoms with Gasteiger partial charge < -0.3 is 14.8 Å². The molecule has 3 aromatic rings. The number of aromatic amines is 1. The lowest BCUT2D eigenvalue weighted by molar-refractivity contribution is -0.130. The van der Waals surface area contributed by atoms with Gasteiger partial charge in [0.1, 0.15) is 11.5 Å². The standard InChI is InChI=1S/C25H26FN3O2/c1-28(2)25(31)23-15-19-10-9-18(14-22(19)27-23)20-6-4-12-29(16-20)24(30)11-8-17-5-3-7-21(26)13-17/h3,5-7,9-10,13-15,27H,4,8,11-12,16H2,1-2H3. The summed E-state index contributed by atoms with van der Waals surface area (Å²) < 4.78 is 13.4. The number of aryl methyl sites for hydroxylation is 1. The average Bonchev–Trinajstić information content (AvgIpc) is 3.20. The van der Waals surface area contributed by atoms with Gasteiger partial charge in [-0.1, -0.05) is 30.3 Å². The number of nitrogens with one attached hydrogen (secondary N) is 1. The van der Waals surface area contributed by atoms with Gasteiger partial charge in [-0.05, 0) is 53.8 Å². The monoisotopic (exact) mass is 419 g/mol. The van der Waals surface area contributed by atoms with Gasteiger partial charge in [-0.3, -0.25) is 9.59 Å². The fourth-order valence-corrected chi connectivity index (χ4v) is 3.95. The Kier molecular flexibility index (Phi) is 5.89. The van der Waals surface area contributed by atoms with Crippen molar-refractivity contribution in [3.8, 4) is 0 Å². The van der Waals surface area contributed by atoms with E-state index in [1.165, 1.54) is 12.1 Å². The minimum absolute atomic E-state index is 0.0651. The maximum Gasteiger partial charge on any atom is 0.269 e. The van der Waals surface area contributed by atoms with Crippen molar-refractivity contribution in [2.75, 3.05) is 27.2 Å². The molecule has 0 aliphatic carbocycles. The molecule has 2 aromatic carbocycles. The molecule has 31 heavy (non-hydrogen) atoms. The first kappa shape index (κ1) is 20.8. The Hall–Kier alpha value is -3.41. The molecule has 0 atom stereocenters. The highest BCUT2D eigenvalue weighted by atomic mass is 19.1. The molecule has 0 saturated carbocycles. The van der Waals surface area contributed by atoms with E-state index in [4.69, 9.17) is 0 Å². The van der Waals surface area contributed by atoms with Crippen LogP contribution in [0, 0.1) is 5.82 Å². The van der Waals surface area contributed by atoms with Crippen molar-refractivity contribution < 1.29 is 14.0 Å². The van der Waals surface area contributed by atoms with Crippen LogP contribution in [0.3, 0.4) is 0 Å². The van der Waals surface area contributed by atoms with Gasteiger partial charge in [-0.2, -0.15) is 0 Å². The molecule has 0 fully saturated rings. The molecule has 0 spiro atoms. The van der Waals surface area contributed by atoms with Crippen molar-refractivity contribution in [2.24, 2.45) is 0 Å². The van der Waals surface area contributed by atoms with Gasteiger partial charge in [-0.25, -0.2) is 4.39 Å². The van der Waals surface area contributed by atoms with Crippen LogP contribution in [0.5, 0.6) is 0 Å². The fraction of sp³-hybridized carbons (Fsp3) is 0.280. The number of fused-ring (bicyclic) bond motifs is 1. The summed E-state index contributed by atoms with van der Waals surface area (Å²) in [6.45, 7) is 1.25. The Morgan fingerprint density at radius 1 is 1.13 bits per heavy atom. The third kappa shape index (κ3) is 4.68. The lowest BCUT2D eigenvalue weighted by Crippen LogP contribution is -2.35. The van der Waals surface area contributed by atoms with Crippen LogP contribution >= 0.6 is 0 Å². The SMILES string of the molecule is CN(C)C(=O)c1cc2ccc(C3=CCCN(C(=O)CCc4cccc(F)c4)C3)cc2[nH]1. The second-order valence-electron chi connectivity index (χ2n) is 8.15. The van der Waals surface area contributed by atoms with Crippen LogP contribution in [0.25, 0.3) is 16.5 Å². The van der Waals surface area contributed by atoms with E-state index in [-0.39, 0.29) is 17.6 Å². The third-order valence-electron chi connectivity index (χ3n) is 5.65. The molecule has 1 aromatic heterocycles. The van der Waals surface area contributed by atoms with E-state index in [0.29, 0.717) is 31.6 Å². The molecule has 0 bridgehead atoms. The Labute approximate surface area is 181 Å². The van der Waals surface area contributed by atoms with Gasteiger partial charge in [-0.15, -0.1) is 0 Å².